The Bertz CT molecular complexity index is 1150. The van der Waals surface area contributed by atoms with Crippen molar-refractivity contribution in [2.75, 3.05) is 18.0 Å². The van der Waals surface area contributed by atoms with Crippen LogP contribution in [0.15, 0.2) is 23.0 Å². The molecule has 3 heterocycles. The smallest absolute Gasteiger partial charge is 0.329 e. The quantitative estimate of drug-likeness (QED) is 0.559. The topological polar surface area (TPSA) is 103 Å². The van der Waals surface area contributed by atoms with E-state index in [1.54, 1.807) is 11.6 Å². The number of fused-ring (bicyclic) bond motifs is 1. The number of nitrogens with one attached hydrogen (secondary N) is 1. The first kappa shape index (κ1) is 23.1. The van der Waals surface area contributed by atoms with Crippen molar-refractivity contribution in [2.24, 2.45) is 13.0 Å². The number of carbonyl (C=O) groups excluding carboxylic acids is 3. The van der Waals surface area contributed by atoms with Gasteiger partial charge in [0.15, 0.2) is 0 Å². The second kappa shape index (κ2) is 8.68. The van der Waals surface area contributed by atoms with Gasteiger partial charge in [0.2, 0.25) is 11.8 Å². The van der Waals surface area contributed by atoms with Gasteiger partial charge in [0.1, 0.15) is 11.6 Å². The summed E-state index contributed by atoms with van der Waals surface area (Å²) in [5.41, 5.74) is 1.70. The number of benzene rings is 1. The summed E-state index contributed by atoms with van der Waals surface area (Å²) >= 11 is 0. The molecule has 9 nitrogen and oxygen atoms in total. The summed E-state index contributed by atoms with van der Waals surface area (Å²) in [6.45, 7) is 7.28. The molecular formula is C24H32N4O5. The van der Waals surface area contributed by atoms with E-state index in [9.17, 15) is 19.2 Å². The minimum Gasteiger partial charge on any atom is -0.460 e. The lowest BCUT2D eigenvalue weighted by Crippen LogP contribution is -2.44. The number of piperidine rings is 2. The Kier molecular flexibility index (Phi) is 6.07. The molecule has 0 aliphatic carbocycles. The highest BCUT2D eigenvalue weighted by molar-refractivity contribution is 6.00. The summed E-state index contributed by atoms with van der Waals surface area (Å²) in [7, 11) is 1.70. The molecule has 0 saturated carbocycles. The molecule has 1 aromatic carbocycles. The van der Waals surface area contributed by atoms with E-state index in [4.69, 9.17) is 4.74 Å². The molecule has 9 heteroatoms. The summed E-state index contributed by atoms with van der Waals surface area (Å²) in [4.78, 5) is 51.2. The number of rotatable bonds is 4. The van der Waals surface area contributed by atoms with Gasteiger partial charge in [-0.25, -0.2) is 4.79 Å². The summed E-state index contributed by atoms with van der Waals surface area (Å²) in [6, 6.07) is 5.14. The van der Waals surface area contributed by atoms with Crippen LogP contribution in [0.3, 0.4) is 0 Å². The zero-order valence-corrected chi connectivity index (χ0v) is 19.7. The summed E-state index contributed by atoms with van der Waals surface area (Å²) < 4.78 is 8.50. The summed E-state index contributed by atoms with van der Waals surface area (Å²) in [5.74, 6) is -0.580. The van der Waals surface area contributed by atoms with Crippen LogP contribution in [-0.4, -0.2) is 45.6 Å². The van der Waals surface area contributed by atoms with Gasteiger partial charge in [0, 0.05) is 38.7 Å². The fourth-order valence-corrected chi connectivity index (χ4v) is 4.79. The normalized spacial score (nSPS) is 20.2. The first-order valence-electron chi connectivity index (χ1n) is 11.5. The maximum absolute atomic E-state index is 13.0. The predicted octanol–water partition coefficient (Wildman–Crippen LogP) is 2.27. The van der Waals surface area contributed by atoms with Crippen LogP contribution in [0, 0.1) is 5.92 Å². The van der Waals surface area contributed by atoms with Crippen LogP contribution in [0.2, 0.25) is 0 Å². The third-order valence-electron chi connectivity index (χ3n) is 6.45. The van der Waals surface area contributed by atoms with Gasteiger partial charge >= 0.3 is 11.7 Å². The second-order valence-corrected chi connectivity index (χ2v) is 10.1. The first-order valence-corrected chi connectivity index (χ1v) is 11.5. The number of imidazole rings is 1. The highest BCUT2D eigenvalue weighted by atomic mass is 16.6. The van der Waals surface area contributed by atoms with Crippen molar-refractivity contribution in [3.05, 3.63) is 28.7 Å². The molecule has 0 bridgehead atoms. The van der Waals surface area contributed by atoms with Crippen molar-refractivity contribution in [2.45, 2.75) is 64.5 Å². The molecule has 2 amide bonds. The monoisotopic (exact) mass is 456 g/mol. The van der Waals surface area contributed by atoms with E-state index in [0.29, 0.717) is 24.3 Å². The zero-order valence-electron chi connectivity index (χ0n) is 19.7. The van der Waals surface area contributed by atoms with Gasteiger partial charge in [0.25, 0.3) is 0 Å². The number of aryl methyl sites for hydroxylation is 1. The van der Waals surface area contributed by atoms with E-state index < -0.39 is 17.6 Å². The average molecular weight is 457 g/mol. The number of hydrogen-bond donors (Lipinski definition) is 1. The highest BCUT2D eigenvalue weighted by Crippen LogP contribution is 2.30. The molecule has 1 aromatic heterocycles. The van der Waals surface area contributed by atoms with Crippen LogP contribution >= 0.6 is 0 Å². The van der Waals surface area contributed by atoms with Gasteiger partial charge in [-0.3, -0.25) is 28.8 Å². The van der Waals surface area contributed by atoms with Gasteiger partial charge in [-0.15, -0.1) is 0 Å². The van der Waals surface area contributed by atoms with Gasteiger partial charge < -0.3 is 9.64 Å². The van der Waals surface area contributed by atoms with Gasteiger partial charge in [-0.2, -0.15) is 0 Å². The number of imide groups is 1. The van der Waals surface area contributed by atoms with E-state index >= 15 is 0 Å². The number of amides is 2. The van der Waals surface area contributed by atoms with Crippen molar-refractivity contribution in [1.29, 1.82) is 0 Å². The molecule has 2 aromatic rings. The third kappa shape index (κ3) is 4.82. The maximum atomic E-state index is 13.0. The largest absolute Gasteiger partial charge is 0.460 e. The Morgan fingerprint density at radius 2 is 1.79 bits per heavy atom. The van der Waals surface area contributed by atoms with Crippen LogP contribution in [0.1, 0.15) is 58.9 Å². The molecule has 33 heavy (non-hydrogen) atoms. The Hall–Kier alpha value is -3.10. The number of anilines is 1. The van der Waals surface area contributed by atoms with Crippen molar-refractivity contribution < 1.29 is 19.1 Å². The van der Waals surface area contributed by atoms with Crippen LogP contribution in [0.5, 0.6) is 0 Å². The average Bonchev–Trinajstić information content (AvgIpc) is 2.97. The lowest BCUT2D eigenvalue weighted by molar-refractivity contribution is -0.156. The molecular weight excluding hydrogens is 424 g/mol. The van der Waals surface area contributed by atoms with Crippen LogP contribution in [0.4, 0.5) is 5.69 Å². The lowest BCUT2D eigenvalue weighted by atomic mass is 9.93. The van der Waals surface area contributed by atoms with Crippen LogP contribution < -0.4 is 15.9 Å². The predicted molar refractivity (Wildman–Crippen MR) is 124 cm³/mol. The van der Waals surface area contributed by atoms with Crippen LogP contribution in [-0.2, 0) is 26.2 Å². The molecule has 2 aliphatic rings. The molecule has 2 saturated heterocycles. The molecule has 178 valence electrons. The fourth-order valence-electron chi connectivity index (χ4n) is 4.79. The molecule has 1 unspecified atom stereocenters. The van der Waals surface area contributed by atoms with Gasteiger partial charge in [0.05, 0.1) is 11.0 Å². The first-order chi connectivity index (χ1) is 15.5. The zero-order chi connectivity index (χ0) is 23.9. The van der Waals surface area contributed by atoms with E-state index in [2.05, 4.69) is 10.2 Å². The van der Waals surface area contributed by atoms with E-state index in [1.807, 2.05) is 39.0 Å². The van der Waals surface area contributed by atoms with Gasteiger partial charge in [-0.05, 0) is 64.2 Å². The van der Waals surface area contributed by atoms with E-state index in [-0.39, 0.29) is 24.0 Å². The Labute approximate surface area is 192 Å². The van der Waals surface area contributed by atoms with E-state index in [0.717, 1.165) is 37.1 Å². The number of ether oxygens (including phenoxy) is 1. The van der Waals surface area contributed by atoms with Crippen molar-refractivity contribution in [3.8, 4) is 0 Å². The minimum absolute atomic E-state index is 0.146. The fraction of sp³-hybridized carbons (Fsp3) is 0.583. The number of aromatic nitrogens is 2. The van der Waals surface area contributed by atoms with Crippen molar-refractivity contribution >= 4 is 34.5 Å². The molecule has 0 spiro atoms. The Morgan fingerprint density at radius 1 is 1.09 bits per heavy atom. The SMILES string of the molecule is Cn1c(=O)n(C2CCC(=O)NC2=O)c2ccc(N3CCC(CC(=O)OC(C)(C)C)CC3)cc21. The number of esters is 1. The van der Waals surface area contributed by atoms with Crippen molar-refractivity contribution in [3.63, 3.8) is 0 Å². The molecule has 4 rings (SSSR count). The number of nitrogens with zero attached hydrogens (tertiary/aromatic N) is 3. The van der Waals surface area contributed by atoms with Crippen molar-refractivity contribution in [1.82, 2.24) is 14.5 Å². The minimum atomic E-state index is -0.687. The summed E-state index contributed by atoms with van der Waals surface area (Å²) in [6.07, 6.45) is 2.76. The highest BCUT2D eigenvalue weighted by Gasteiger charge is 2.31. The Balaban J connectivity index is 1.49. The molecule has 0 radical (unpaired) electrons. The van der Waals surface area contributed by atoms with Gasteiger partial charge in [-0.1, -0.05) is 0 Å². The third-order valence-corrected chi connectivity index (χ3v) is 6.45. The lowest BCUT2D eigenvalue weighted by Gasteiger charge is -2.33. The second-order valence-electron chi connectivity index (χ2n) is 10.1. The van der Waals surface area contributed by atoms with E-state index in [1.165, 1.54) is 4.57 Å². The number of carbonyl (C=O) groups is 3. The standard InChI is InChI=1S/C24H32N4O5/c1-24(2,3)33-21(30)13-15-9-11-27(12-10-15)16-5-6-17-19(14-16)26(4)23(32)28(17)18-7-8-20(29)25-22(18)31/h5-6,14-15,18H,7-13H2,1-4H3,(H,25,29,31). The summed E-state index contributed by atoms with van der Waals surface area (Å²) in [5, 5.41) is 2.33. The maximum Gasteiger partial charge on any atom is 0.329 e. The molecule has 1 atom stereocenters. The molecule has 2 fully saturated rings. The van der Waals surface area contributed by atoms with Crippen LogP contribution in [0.25, 0.3) is 11.0 Å². The molecule has 1 N–H and O–H groups in total. The Morgan fingerprint density at radius 3 is 2.42 bits per heavy atom. The molecule has 2 aliphatic heterocycles. The number of hydrogen-bond acceptors (Lipinski definition) is 6.